The molecule has 4 rings (SSSR count). The molecule has 3 aromatic rings. The standard InChI is InChI=1S/C24H28ClN3O3.2ClH/c1-30-18-12-23(29)20(24(13-18)31-2)14-27-16-4-6-17(7-5-16)28-21-9-10-26-22-11-15(25)3-8-19(21)22;;/h3,8-13,16-17,27,29H,4-7,14H2,1-2H3,(H,26,28);2*1H. The molecular formula is C24H30Cl3N3O3. The predicted octanol–water partition coefficient (Wildman–Crippen LogP) is 5.97. The Morgan fingerprint density at radius 1 is 1.00 bits per heavy atom. The molecule has 1 heterocycles. The topological polar surface area (TPSA) is 75.6 Å². The molecule has 33 heavy (non-hydrogen) atoms. The van der Waals surface area contributed by atoms with Crippen molar-refractivity contribution in [3.05, 3.63) is 53.2 Å². The van der Waals surface area contributed by atoms with Crippen LogP contribution in [0.1, 0.15) is 31.2 Å². The van der Waals surface area contributed by atoms with Crippen molar-refractivity contribution in [2.45, 2.75) is 44.3 Å². The van der Waals surface area contributed by atoms with Crippen molar-refractivity contribution < 1.29 is 14.6 Å². The highest BCUT2D eigenvalue weighted by atomic mass is 35.5. The largest absolute Gasteiger partial charge is 0.507 e. The summed E-state index contributed by atoms with van der Waals surface area (Å²) in [5.41, 5.74) is 2.76. The van der Waals surface area contributed by atoms with Crippen molar-refractivity contribution in [1.82, 2.24) is 10.3 Å². The molecule has 1 aromatic heterocycles. The molecule has 0 spiro atoms. The van der Waals surface area contributed by atoms with Gasteiger partial charge < -0.3 is 25.2 Å². The molecule has 180 valence electrons. The van der Waals surface area contributed by atoms with Gasteiger partial charge in [-0.2, -0.15) is 0 Å². The molecular weight excluding hydrogens is 485 g/mol. The highest BCUT2D eigenvalue weighted by molar-refractivity contribution is 6.31. The third-order valence-corrected chi connectivity index (χ3v) is 6.21. The Bertz CT molecular complexity index is 1060. The summed E-state index contributed by atoms with van der Waals surface area (Å²) >= 11 is 6.10. The van der Waals surface area contributed by atoms with Crippen molar-refractivity contribution in [1.29, 1.82) is 0 Å². The number of halogens is 3. The monoisotopic (exact) mass is 513 g/mol. The summed E-state index contributed by atoms with van der Waals surface area (Å²) in [7, 11) is 3.17. The lowest BCUT2D eigenvalue weighted by Crippen LogP contribution is -2.36. The van der Waals surface area contributed by atoms with E-state index in [1.165, 1.54) is 0 Å². The fraction of sp³-hybridized carbons (Fsp3) is 0.375. The Morgan fingerprint density at radius 2 is 1.73 bits per heavy atom. The maximum Gasteiger partial charge on any atom is 0.130 e. The first kappa shape index (κ1) is 27.1. The number of nitrogens with one attached hydrogen (secondary N) is 2. The summed E-state index contributed by atoms with van der Waals surface area (Å²) in [6, 6.07) is 12.1. The van der Waals surface area contributed by atoms with Crippen LogP contribution in [0.5, 0.6) is 17.2 Å². The molecule has 0 atom stereocenters. The lowest BCUT2D eigenvalue weighted by Gasteiger charge is -2.31. The van der Waals surface area contributed by atoms with Crippen molar-refractivity contribution in [2.75, 3.05) is 19.5 Å². The molecule has 0 radical (unpaired) electrons. The Labute approximate surface area is 211 Å². The second-order valence-electron chi connectivity index (χ2n) is 7.92. The van der Waals surface area contributed by atoms with E-state index >= 15 is 0 Å². The number of ether oxygens (including phenoxy) is 2. The summed E-state index contributed by atoms with van der Waals surface area (Å²) in [5, 5.41) is 19.4. The number of aromatic hydroxyl groups is 1. The third kappa shape index (κ3) is 6.48. The minimum Gasteiger partial charge on any atom is -0.507 e. The lowest BCUT2D eigenvalue weighted by molar-refractivity contribution is 0.342. The number of nitrogens with zero attached hydrogens (tertiary/aromatic N) is 1. The van der Waals surface area contributed by atoms with Gasteiger partial charge in [-0.05, 0) is 49.9 Å². The third-order valence-electron chi connectivity index (χ3n) is 5.97. The Hall–Kier alpha value is -2.12. The molecule has 1 aliphatic rings. The number of phenolic OH excluding ortho intramolecular Hbond substituents is 1. The summed E-state index contributed by atoms with van der Waals surface area (Å²) < 4.78 is 10.6. The predicted molar refractivity (Wildman–Crippen MR) is 139 cm³/mol. The Morgan fingerprint density at radius 3 is 2.42 bits per heavy atom. The summed E-state index contributed by atoms with van der Waals surface area (Å²) in [5.74, 6) is 1.39. The van der Waals surface area contributed by atoms with Crippen LogP contribution in [0.3, 0.4) is 0 Å². The highest BCUT2D eigenvalue weighted by Gasteiger charge is 2.22. The van der Waals surface area contributed by atoms with Gasteiger partial charge in [-0.1, -0.05) is 11.6 Å². The second-order valence-corrected chi connectivity index (χ2v) is 8.36. The van der Waals surface area contributed by atoms with E-state index in [-0.39, 0.29) is 30.6 Å². The van der Waals surface area contributed by atoms with Crippen molar-refractivity contribution in [3.63, 3.8) is 0 Å². The number of benzene rings is 2. The number of methoxy groups -OCH3 is 2. The lowest BCUT2D eigenvalue weighted by atomic mass is 9.90. The van der Waals surface area contributed by atoms with Gasteiger partial charge in [0.2, 0.25) is 0 Å². The van der Waals surface area contributed by atoms with Gasteiger partial charge in [0.25, 0.3) is 0 Å². The van der Waals surface area contributed by atoms with Crippen LogP contribution in [-0.4, -0.2) is 36.4 Å². The quantitative estimate of drug-likeness (QED) is 0.361. The van der Waals surface area contributed by atoms with E-state index in [9.17, 15) is 5.11 Å². The fourth-order valence-electron chi connectivity index (χ4n) is 4.24. The Kier molecular flexibility index (Phi) is 10.2. The highest BCUT2D eigenvalue weighted by Crippen LogP contribution is 2.34. The maximum atomic E-state index is 10.4. The summed E-state index contributed by atoms with van der Waals surface area (Å²) in [4.78, 5) is 4.42. The molecule has 0 unspecified atom stereocenters. The molecule has 6 nitrogen and oxygen atoms in total. The first-order valence-corrected chi connectivity index (χ1v) is 10.9. The van der Waals surface area contributed by atoms with Crippen LogP contribution in [0.2, 0.25) is 5.02 Å². The number of fused-ring (bicyclic) bond motifs is 1. The average molecular weight is 515 g/mol. The smallest absolute Gasteiger partial charge is 0.130 e. The van der Waals surface area contributed by atoms with E-state index in [2.05, 4.69) is 15.6 Å². The minimum absolute atomic E-state index is 0. The molecule has 9 heteroatoms. The van der Waals surface area contributed by atoms with E-state index in [0.717, 1.165) is 47.8 Å². The zero-order chi connectivity index (χ0) is 21.8. The van der Waals surface area contributed by atoms with Crippen LogP contribution >= 0.6 is 36.4 Å². The normalized spacial score (nSPS) is 17.5. The van der Waals surface area contributed by atoms with Crippen LogP contribution < -0.4 is 20.1 Å². The molecule has 0 bridgehead atoms. The molecule has 0 aliphatic heterocycles. The summed E-state index contributed by atoms with van der Waals surface area (Å²) in [6.45, 7) is 0.553. The molecule has 2 aromatic carbocycles. The van der Waals surface area contributed by atoms with Gasteiger partial charge in [0.15, 0.2) is 0 Å². The number of rotatable bonds is 7. The van der Waals surface area contributed by atoms with E-state index in [1.807, 2.05) is 30.5 Å². The number of hydrogen-bond acceptors (Lipinski definition) is 6. The van der Waals surface area contributed by atoms with Crippen LogP contribution in [0.4, 0.5) is 5.69 Å². The van der Waals surface area contributed by atoms with Gasteiger partial charge in [-0.3, -0.25) is 4.98 Å². The average Bonchev–Trinajstić information content (AvgIpc) is 2.78. The molecule has 0 amide bonds. The number of hydrogen-bond donors (Lipinski definition) is 3. The second kappa shape index (κ2) is 12.4. The molecule has 1 fully saturated rings. The first-order chi connectivity index (χ1) is 15.1. The van der Waals surface area contributed by atoms with Crippen LogP contribution in [0.25, 0.3) is 10.9 Å². The van der Waals surface area contributed by atoms with Crippen LogP contribution in [0, 0.1) is 0 Å². The molecule has 0 saturated heterocycles. The van der Waals surface area contributed by atoms with Gasteiger partial charge in [-0.15, -0.1) is 24.8 Å². The number of aromatic nitrogens is 1. The molecule has 1 aliphatic carbocycles. The molecule has 3 N–H and O–H groups in total. The SMILES string of the molecule is COc1cc(O)c(CNC2CCC(Nc3ccnc4cc(Cl)ccc34)CC2)c(OC)c1.Cl.Cl. The zero-order valence-electron chi connectivity index (χ0n) is 18.6. The summed E-state index contributed by atoms with van der Waals surface area (Å²) in [6.07, 6.45) is 6.09. The van der Waals surface area contributed by atoms with E-state index in [0.29, 0.717) is 35.2 Å². The van der Waals surface area contributed by atoms with Gasteiger partial charge in [0, 0.05) is 58.6 Å². The van der Waals surface area contributed by atoms with E-state index in [1.54, 1.807) is 26.4 Å². The van der Waals surface area contributed by atoms with Crippen molar-refractivity contribution in [2.24, 2.45) is 0 Å². The minimum atomic E-state index is 0. The van der Waals surface area contributed by atoms with Crippen LogP contribution in [-0.2, 0) is 6.54 Å². The van der Waals surface area contributed by atoms with E-state index in [4.69, 9.17) is 21.1 Å². The maximum absolute atomic E-state index is 10.4. The van der Waals surface area contributed by atoms with E-state index < -0.39 is 0 Å². The first-order valence-electron chi connectivity index (χ1n) is 10.6. The molecule has 1 saturated carbocycles. The van der Waals surface area contributed by atoms with Crippen molar-refractivity contribution >= 4 is 53.0 Å². The van der Waals surface area contributed by atoms with Gasteiger partial charge in [-0.25, -0.2) is 0 Å². The van der Waals surface area contributed by atoms with Crippen LogP contribution in [0.15, 0.2) is 42.6 Å². The number of phenols is 1. The van der Waals surface area contributed by atoms with Gasteiger partial charge in [0.1, 0.15) is 17.2 Å². The fourth-order valence-corrected chi connectivity index (χ4v) is 4.41. The zero-order valence-corrected chi connectivity index (χ0v) is 21.0. The number of anilines is 1. The number of pyridine rings is 1. The van der Waals surface area contributed by atoms with Gasteiger partial charge in [0.05, 0.1) is 19.7 Å². The van der Waals surface area contributed by atoms with Gasteiger partial charge >= 0.3 is 0 Å². The Balaban J connectivity index is 0.00000193. The van der Waals surface area contributed by atoms with Crippen molar-refractivity contribution in [3.8, 4) is 17.2 Å².